The number of aryl methyl sites for hydroxylation is 1. The van der Waals surface area contributed by atoms with Gasteiger partial charge in [-0.2, -0.15) is 0 Å². The van der Waals surface area contributed by atoms with Crippen molar-refractivity contribution in [1.82, 2.24) is 9.80 Å². The molecule has 1 fully saturated rings. The minimum absolute atomic E-state index is 0.0190. The van der Waals surface area contributed by atoms with Gasteiger partial charge < -0.3 is 14.5 Å². The highest BCUT2D eigenvalue weighted by atomic mass is 16.5. The zero-order chi connectivity index (χ0) is 18.5. The summed E-state index contributed by atoms with van der Waals surface area (Å²) in [5.41, 5.74) is 2.82. The van der Waals surface area contributed by atoms with E-state index in [0.29, 0.717) is 43.9 Å². The smallest absolute Gasteiger partial charge is 0.254 e. The summed E-state index contributed by atoms with van der Waals surface area (Å²) >= 11 is 0. The first-order valence-electron chi connectivity index (χ1n) is 8.83. The quantitative estimate of drug-likeness (QED) is 0.850. The van der Waals surface area contributed by atoms with E-state index in [0.717, 1.165) is 5.56 Å². The van der Waals surface area contributed by atoms with Crippen LogP contribution in [0.25, 0.3) is 0 Å². The summed E-state index contributed by atoms with van der Waals surface area (Å²) < 4.78 is 5.18. The fraction of sp³-hybridized carbons (Fsp3) is 0.333. The molecule has 0 unspecified atom stereocenters. The van der Waals surface area contributed by atoms with E-state index in [4.69, 9.17) is 4.74 Å². The zero-order valence-corrected chi connectivity index (χ0v) is 15.3. The van der Waals surface area contributed by atoms with Gasteiger partial charge in [0, 0.05) is 31.7 Å². The summed E-state index contributed by atoms with van der Waals surface area (Å²) in [5.74, 6) is 0.764. The van der Waals surface area contributed by atoms with Crippen molar-refractivity contribution in [3.8, 4) is 5.75 Å². The Labute approximate surface area is 154 Å². The minimum Gasteiger partial charge on any atom is -0.497 e. The molecule has 1 aliphatic heterocycles. The van der Waals surface area contributed by atoms with Crippen LogP contribution in [0.1, 0.15) is 21.5 Å². The number of methoxy groups -OCH3 is 1. The molecule has 2 amide bonds. The number of hydrogen-bond donors (Lipinski definition) is 0. The van der Waals surface area contributed by atoms with Crippen molar-refractivity contribution in [1.29, 1.82) is 0 Å². The average molecular weight is 352 g/mol. The largest absolute Gasteiger partial charge is 0.497 e. The number of piperazine rings is 1. The van der Waals surface area contributed by atoms with Crippen molar-refractivity contribution in [2.45, 2.75) is 13.3 Å². The van der Waals surface area contributed by atoms with Gasteiger partial charge in [0.1, 0.15) is 5.75 Å². The van der Waals surface area contributed by atoms with Crippen LogP contribution in [0.15, 0.2) is 48.5 Å². The second-order valence-corrected chi connectivity index (χ2v) is 6.57. The van der Waals surface area contributed by atoms with Gasteiger partial charge in [0.2, 0.25) is 5.91 Å². The summed E-state index contributed by atoms with van der Waals surface area (Å²) in [7, 11) is 1.59. The standard InChI is InChI=1S/C21H24N2O3/c1-16-6-8-17(9-7-16)14-20(24)22-10-12-23(13-11-22)21(25)18-4-3-5-19(15-18)26-2/h3-9,15H,10-14H2,1-2H3. The first kappa shape index (κ1) is 18.0. The minimum atomic E-state index is -0.0190. The molecule has 2 aromatic rings. The second-order valence-electron chi connectivity index (χ2n) is 6.57. The molecule has 3 rings (SSSR count). The summed E-state index contributed by atoms with van der Waals surface area (Å²) in [6, 6.07) is 15.2. The van der Waals surface area contributed by atoms with E-state index >= 15 is 0 Å². The van der Waals surface area contributed by atoms with Crippen molar-refractivity contribution >= 4 is 11.8 Å². The van der Waals surface area contributed by atoms with Crippen LogP contribution in [-0.4, -0.2) is 54.9 Å². The van der Waals surface area contributed by atoms with Crippen LogP contribution >= 0.6 is 0 Å². The number of nitrogens with zero attached hydrogens (tertiary/aromatic N) is 2. The summed E-state index contributed by atoms with van der Waals surface area (Å²) in [4.78, 5) is 28.8. The lowest BCUT2D eigenvalue weighted by molar-refractivity contribution is -0.131. The molecular weight excluding hydrogens is 328 g/mol. The molecule has 0 radical (unpaired) electrons. The van der Waals surface area contributed by atoms with Gasteiger partial charge in [0.05, 0.1) is 13.5 Å². The highest BCUT2D eigenvalue weighted by Crippen LogP contribution is 2.16. The van der Waals surface area contributed by atoms with Gasteiger partial charge in [-0.25, -0.2) is 0 Å². The van der Waals surface area contributed by atoms with E-state index in [1.807, 2.05) is 48.2 Å². The van der Waals surface area contributed by atoms with Crippen molar-refractivity contribution in [3.63, 3.8) is 0 Å². The van der Waals surface area contributed by atoms with Gasteiger partial charge in [-0.05, 0) is 30.7 Å². The van der Waals surface area contributed by atoms with E-state index in [9.17, 15) is 9.59 Å². The van der Waals surface area contributed by atoms with E-state index in [1.165, 1.54) is 5.56 Å². The topological polar surface area (TPSA) is 49.9 Å². The van der Waals surface area contributed by atoms with Gasteiger partial charge in [-0.3, -0.25) is 9.59 Å². The van der Waals surface area contributed by atoms with Crippen LogP contribution < -0.4 is 4.74 Å². The monoisotopic (exact) mass is 352 g/mol. The number of rotatable bonds is 4. The van der Waals surface area contributed by atoms with Crippen LogP contribution in [0.2, 0.25) is 0 Å². The number of carbonyl (C=O) groups is 2. The molecule has 5 nitrogen and oxygen atoms in total. The molecule has 0 N–H and O–H groups in total. The predicted octanol–water partition coefficient (Wildman–Crippen LogP) is 2.53. The first-order chi connectivity index (χ1) is 12.6. The summed E-state index contributed by atoms with van der Waals surface area (Å²) in [5, 5.41) is 0. The molecule has 5 heteroatoms. The summed E-state index contributed by atoms with van der Waals surface area (Å²) in [6.45, 7) is 4.27. The molecule has 1 heterocycles. The number of benzene rings is 2. The van der Waals surface area contributed by atoms with Crippen molar-refractivity contribution < 1.29 is 14.3 Å². The van der Waals surface area contributed by atoms with Gasteiger partial charge in [-0.15, -0.1) is 0 Å². The maximum Gasteiger partial charge on any atom is 0.254 e. The van der Waals surface area contributed by atoms with E-state index in [2.05, 4.69) is 0 Å². The molecule has 1 aliphatic rings. The Bertz CT molecular complexity index is 778. The Morgan fingerprint density at radius 3 is 2.27 bits per heavy atom. The third-order valence-corrected chi connectivity index (χ3v) is 4.71. The normalized spacial score (nSPS) is 14.2. The SMILES string of the molecule is COc1cccc(C(=O)N2CCN(C(=O)Cc3ccc(C)cc3)CC2)c1. The molecular formula is C21H24N2O3. The lowest BCUT2D eigenvalue weighted by atomic mass is 10.1. The summed E-state index contributed by atoms with van der Waals surface area (Å²) in [6.07, 6.45) is 0.407. The maximum absolute atomic E-state index is 12.6. The highest BCUT2D eigenvalue weighted by Gasteiger charge is 2.25. The molecule has 26 heavy (non-hydrogen) atoms. The van der Waals surface area contributed by atoms with Crippen LogP contribution in [0.5, 0.6) is 5.75 Å². The predicted molar refractivity (Wildman–Crippen MR) is 100 cm³/mol. The Balaban J connectivity index is 1.55. The third kappa shape index (κ3) is 4.23. The molecule has 0 atom stereocenters. The fourth-order valence-electron chi connectivity index (χ4n) is 3.09. The van der Waals surface area contributed by atoms with Gasteiger partial charge in [0.25, 0.3) is 5.91 Å². The molecule has 0 aliphatic carbocycles. The molecule has 0 saturated carbocycles. The van der Waals surface area contributed by atoms with Crippen LogP contribution in [-0.2, 0) is 11.2 Å². The van der Waals surface area contributed by atoms with E-state index < -0.39 is 0 Å². The zero-order valence-electron chi connectivity index (χ0n) is 15.3. The van der Waals surface area contributed by atoms with Crippen molar-refractivity contribution in [2.24, 2.45) is 0 Å². The third-order valence-electron chi connectivity index (χ3n) is 4.71. The molecule has 1 saturated heterocycles. The number of ether oxygens (including phenoxy) is 1. The van der Waals surface area contributed by atoms with Gasteiger partial charge in [-0.1, -0.05) is 35.9 Å². The number of hydrogen-bond acceptors (Lipinski definition) is 3. The van der Waals surface area contributed by atoms with E-state index in [-0.39, 0.29) is 11.8 Å². The Morgan fingerprint density at radius 2 is 1.62 bits per heavy atom. The van der Waals surface area contributed by atoms with Crippen molar-refractivity contribution in [3.05, 3.63) is 65.2 Å². The first-order valence-corrected chi connectivity index (χ1v) is 8.83. The Morgan fingerprint density at radius 1 is 0.962 bits per heavy atom. The maximum atomic E-state index is 12.6. The van der Waals surface area contributed by atoms with Crippen LogP contribution in [0, 0.1) is 6.92 Å². The number of carbonyl (C=O) groups excluding carboxylic acids is 2. The van der Waals surface area contributed by atoms with Crippen LogP contribution in [0.3, 0.4) is 0 Å². The molecule has 2 aromatic carbocycles. The van der Waals surface area contributed by atoms with Crippen LogP contribution in [0.4, 0.5) is 0 Å². The van der Waals surface area contributed by atoms with E-state index in [1.54, 1.807) is 24.1 Å². The lowest BCUT2D eigenvalue weighted by Crippen LogP contribution is -2.51. The molecule has 136 valence electrons. The average Bonchev–Trinajstić information content (AvgIpc) is 2.69. The van der Waals surface area contributed by atoms with Gasteiger partial charge in [0.15, 0.2) is 0 Å². The fourth-order valence-corrected chi connectivity index (χ4v) is 3.09. The molecule has 0 spiro atoms. The number of amides is 2. The Kier molecular flexibility index (Phi) is 5.56. The van der Waals surface area contributed by atoms with Gasteiger partial charge >= 0.3 is 0 Å². The highest BCUT2D eigenvalue weighted by molar-refractivity contribution is 5.94. The Hall–Kier alpha value is -2.82. The second kappa shape index (κ2) is 8.04. The molecule has 0 aromatic heterocycles. The molecule has 0 bridgehead atoms. The lowest BCUT2D eigenvalue weighted by Gasteiger charge is -2.35. The van der Waals surface area contributed by atoms with Crippen molar-refractivity contribution in [2.75, 3.05) is 33.3 Å².